The van der Waals surface area contributed by atoms with Crippen LogP contribution in [0.1, 0.15) is 46.4 Å². The second-order valence-electron chi connectivity index (χ2n) is 9.21. The van der Waals surface area contributed by atoms with Crippen LogP contribution in [0.2, 0.25) is 0 Å². The molecule has 0 atom stereocenters. The van der Waals surface area contributed by atoms with Crippen molar-refractivity contribution in [1.82, 2.24) is 4.57 Å². The first-order chi connectivity index (χ1) is 14.8. The molecule has 1 aromatic heterocycles. The molecule has 1 aliphatic heterocycles. The van der Waals surface area contributed by atoms with Crippen LogP contribution in [-0.4, -0.2) is 29.2 Å². The van der Waals surface area contributed by atoms with Crippen LogP contribution >= 0.6 is 0 Å². The standard InChI is InChI=1S/C26H29FN2O2/c1-14-11-21-24(19-12-22(27)18-8-6-5-7-17(18)15(19)2)20(13-23(30)31)16(3)25-26(21)29(14)10-9-28(25)4/h11-12H,5-10,13H2,1-4H3,(H,30,31). The number of carboxylic acids is 1. The molecular weight excluding hydrogens is 391 g/mol. The maximum absolute atomic E-state index is 15.3. The predicted molar refractivity (Wildman–Crippen MR) is 123 cm³/mol. The minimum absolute atomic E-state index is 0.0691. The van der Waals surface area contributed by atoms with Gasteiger partial charge in [-0.15, -0.1) is 0 Å². The molecule has 3 aromatic rings. The van der Waals surface area contributed by atoms with Gasteiger partial charge in [-0.3, -0.25) is 4.79 Å². The lowest BCUT2D eigenvalue weighted by Crippen LogP contribution is -2.29. The highest BCUT2D eigenvalue weighted by molar-refractivity contribution is 6.07. The first-order valence-corrected chi connectivity index (χ1v) is 11.2. The molecule has 0 fully saturated rings. The molecule has 0 unspecified atom stereocenters. The molecule has 0 saturated carbocycles. The Morgan fingerprint density at radius 3 is 2.48 bits per heavy atom. The first kappa shape index (κ1) is 20.1. The number of anilines is 1. The van der Waals surface area contributed by atoms with Crippen LogP contribution in [0.25, 0.3) is 22.0 Å². The number of carbonyl (C=O) groups is 1. The van der Waals surface area contributed by atoms with E-state index in [1.54, 1.807) is 6.07 Å². The molecule has 0 bridgehead atoms. The van der Waals surface area contributed by atoms with E-state index in [4.69, 9.17) is 0 Å². The largest absolute Gasteiger partial charge is 0.481 e. The van der Waals surface area contributed by atoms with E-state index in [1.165, 1.54) is 0 Å². The number of hydrogen-bond donors (Lipinski definition) is 1. The molecule has 4 nitrogen and oxygen atoms in total. The molecule has 0 saturated heterocycles. The van der Waals surface area contributed by atoms with Crippen LogP contribution in [0.4, 0.5) is 10.1 Å². The number of aryl methyl sites for hydroxylation is 1. The van der Waals surface area contributed by atoms with E-state index in [9.17, 15) is 9.90 Å². The third kappa shape index (κ3) is 2.89. The monoisotopic (exact) mass is 420 g/mol. The van der Waals surface area contributed by atoms with E-state index in [-0.39, 0.29) is 12.2 Å². The van der Waals surface area contributed by atoms with Crippen molar-refractivity contribution in [3.63, 3.8) is 0 Å². The van der Waals surface area contributed by atoms with Gasteiger partial charge < -0.3 is 14.6 Å². The number of likely N-dealkylation sites (N-methyl/N-ethyl adjacent to an activating group) is 1. The minimum atomic E-state index is -0.860. The number of hydrogen-bond acceptors (Lipinski definition) is 2. The Morgan fingerprint density at radius 1 is 1.06 bits per heavy atom. The fraction of sp³-hybridized carbons (Fsp3) is 0.423. The number of halogens is 1. The number of aromatic nitrogens is 1. The Balaban J connectivity index is 1.93. The van der Waals surface area contributed by atoms with Gasteiger partial charge in [0.1, 0.15) is 5.82 Å². The summed E-state index contributed by atoms with van der Waals surface area (Å²) in [6.45, 7) is 7.99. The van der Waals surface area contributed by atoms with Gasteiger partial charge in [0.25, 0.3) is 0 Å². The number of rotatable bonds is 3. The van der Waals surface area contributed by atoms with Crippen molar-refractivity contribution in [3.8, 4) is 11.1 Å². The SMILES string of the molecule is Cc1c(-c2c(CC(=O)O)c(C)c3c4c2cc(C)n4CCN3C)cc(F)c2c1CCCC2. The average Bonchev–Trinajstić information content (AvgIpc) is 3.06. The van der Waals surface area contributed by atoms with E-state index in [2.05, 4.69) is 36.4 Å². The second kappa shape index (κ2) is 7.11. The zero-order chi connectivity index (χ0) is 22.0. The predicted octanol–water partition coefficient (Wildman–Crippen LogP) is 5.33. The fourth-order valence-electron chi connectivity index (χ4n) is 5.92. The van der Waals surface area contributed by atoms with Gasteiger partial charge in [0.15, 0.2) is 0 Å². The summed E-state index contributed by atoms with van der Waals surface area (Å²) in [4.78, 5) is 14.1. The Hall–Kier alpha value is -2.82. The summed E-state index contributed by atoms with van der Waals surface area (Å²) in [7, 11) is 2.07. The Kier molecular flexibility index (Phi) is 4.61. The Bertz CT molecular complexity index is 1250. The normalized spacial score (nSPS) is 15.5. The molecule has 5 rings (SSSR count). The maximum atomic E-state index is 15.3. The van der Waals surface area contributed by atoms with Crippen LogP contribution in [-0.2, 0) is 30.6 Å². The van der Waals surface area contributed by atoms with Gasteiger partial charge in [0, 0.05) is 31.2 Å². The lowest BCUT2D eigenvalue weighted by atomic mass is 9.81. The summed E-state index contributed by atoms with van der Waals surface area (Å²) in [5.74, 6) is -1.01. The highest BCUT2D eigenvalue weighted by Gasteiger charge is 2.29. The van der Waals surface area contributed by atoms with Gasteiger partial charge in [-0.05, 0) is 97.5 Å². The number of fused-ring (bicyclic) bond motifs is 1. The van der Waals surface area contributed by atoms with Crippen molar-refractivity contribution in [2.75, 3.05) is 18.5 Å². The summed E-state index contributed by atoms with van der Waals surface area (Å²) in [5.41, 5.74) is 10.0. The van der Waals surface area contributed by atoms with Crippen molar-refractivity contribution in [1.29, 1.82) is 0 Å². The van der Waals surface area contributed by atoms with Crippen LogP contribution in [0.3, 0.4) is 0 Å². The van der Waals surface area contributed by atoms with Gasteiger partial charge >= 0.3 is 5.97 Å². The van der Waals surface area contributed by atoms with Crippen LogP contribution in [0.15, 0.2) is 12.1 Å². The third-order valence-corrected chi connectivity index (χ3v) is 7.43. The molecule has 1 aliphatic carbocycles. The first-order valence-electron chi connectivity index (χ1n) is 11.2. The zero-order valence-electron chi connectivity index (χ0n) is 18.7. The number of benzene rings is 2. The minimum Gasteiger partial charge on any atom is -0.481 e. The van der Waals surface area contributed by atoms with E-state index >= 15 is 4.39 Å². The molecule has 1 N–H and O–H groups in total. The Labute approximate surface area is 182 Å². The maximum Gasteiger partial charge on any atom is 0.307 e. The molecule has 2 aromatic carbocycles. The van der Waals surface area contributed by atoms with E-state index in [1.807, 2.05) is 6.92 Å². The topological polar surface area (TPSA) is 45.5 Å². The molecular formula is C26H29FN2O2. The zero-order valence-corrected chi connectivity index (χ0v) is 18.7. The highest BCUT2D eigenvalue weighted by Crippen LogP contribution is 2.46. The van der Waals surface area contributed by atoms with Gasteiger partial charge in [-0.25, -0.2) is 4.39 Å². The van der Waals surface area contributed by atoms with Crippen LogP contribution in [0.5, 0.6) is 0 Å². The third-order valence-electron chi connectivity index (χ3n) is 7.43. The van der Waals surface area contributed by atoms with Gasteiger partial charge in [-0.1, -0.05) is 0 Å². The van der Waals surface area contributed by atoms with Crippen molar-refractivity contribution in [2.45, 2.75) is 59.4 Å². The van der Waals surface area contributed by atoms with Crippen molar-refractivity contribution in [3.05, 3.63) is 51.5 Å². The molecule has 0 amide bonds. The molecule has 162 valence electrons. The van der Waals surface area contributed by atoms with Crippen LogP contribution < -0.4 is 4.90 Å². The van der Waals surface area contributed by atoms with Crippen LogP contribution in [0, 0.1) is 26.6 Å². The van der Waals surface area contributed by atoms with Crippen molar-refractivity contribution >= 4 is 22.6 Å². The van der Waals surface area contributed by atoms with Crippen molar-refractivity contribution in [2.24, 2.45) is 0 Å². The summed E-state index contributed by atoms with van der Waals surface area (Å²) < 4.78 is 17.6. The van der Waals surface area contributed by atoms with E-state index in [0.29, 0.717) is 0 Å². The number of nitrogens with zero attached hydrogens (tertiary/aromatic N) is 2. The molecule has 0 radical (unpaired) electrons. The van der Waals surface area contributed by atoms with Gasteiger partial charge in [0.05, 0.1) is 17.6 Å². The lowest BCUT2D eigenvalue weighted by molar-refractivity contribution is -0.136. The van der Waals surface area contributed by atoms with Gasteiger partial charge in [-0.2, -0.15) is 0 Å². The Morgan fingerprint density at radius 2 is 1.77 bits per heavy atom. The molecule has 0 spiro atoms. The molecule has 31 heavy (non-hydrogen) atoms. The highest BCUT2D eigenvalue weighted by atomic mass is 19.1. The molecule has 5 heteroatoms. The lowest BCUT2D eigenvalue weighted by Gasteiger charge is -2.32. The summed E-state index contributed by atoms with van der Waals surface area (Å²) in [6.07, 6.45) is 3.72. The summed E-state index contributed by atoms with van der Waals surface area (Å²) in [5, 5.41) is 10.8. The second-order valence-corrected chi connectivity index (χ2v) is 9.21. The number of aliphatic carboxylic acids is 1. The summed E-state index contributed by atoms with van der Waals surface area (Å²) >= 11 is 0. The van der Waals surface area contributed by atoms with E-state index in [0.717, 1.165) is 100 Å². The van der Waals surface area contributed by atoms with Gasteiger partial charge in [0.2, 0.25) is 0 Å². The smallest absolute Gasteiger partial charge is 0.307 e. The number of carboxylic acid groups (broad SMARTS) is 1. The average molecular weight is 421 g/mol. The molecule has 2 heterocycles. The summed E-state index contributed by atoms with van der Waals surface area (Å²) in [6, 6.07) is 3.83. The van der Waals surface area contributed by atoms with E-state index < -0.39 is 5.97 Å². The fourth-order valence-corrected chi connectivity index (χ4v) is 5.92. The molecule has 2 aliphatic rings. The quantitative estimate of drug-likeness (QED) is 0.623. The van der Waals surface area contributed by atoms with Crippen molar-refractivity contribution < 1.29 is 14.3 Å².